The van der Waals surface area contributed by atoms with Crippen molar-refractivity contribution < 1.29 is 4.79 Å². The Balaban J connectivity index is 1.72. The number of hydrogen-bond acceptors (Lipinski definition) is 5. The zero-order chi connectivity index (χ0) is 16.2. The van der Waals surface area contributed by atoms with E-state index in [9.17, 15) is 4.79 Å². The van der Waals surface area contributed by atoms with Crippen LogP contribution < -0.4 is 5.73 Å². The largest absolute Gasteiger partial charge is 0.399 e. The van der Waals surface area contributed by atoms with Crippen LogP contribution in [0.1, 0.15) is 10.4 Å². The van der Waals surface area contributed by atoms with Gasteiger partial charge >= 0.3 is 0 Å². The van der Waals surface area contributed by atoms with Gasteiger partial charge < -0.3 is 10.3 Å². The molecule has 0 aliphatic rings. The number of Topliss-reactive ketones (excluding diaryl/α,β-unsaturated/α-hetero) is 1. The van der Waals surface area contributed by atoms with Gasteiger partial charge in [-0.05, 0) is 24.3 Å². The highest BCUT2D eigenvalue weighted by Gasteiger charge is 2.13. The van der Waals surface area contributed by atoms with E-state index in [0.717, 1.165) is 11.4 Å². The molecule has 5 nitrogen and oxygen atoms in total. The van der Waals surface area contributed by atoms with Crippen molar-refractivity contribution in [1.82, 2.24) is 14.8 Å². The van der Waals surface area contributed by atoms with Crippen molar-refractivity contribution in [2.45, 2.75) is 5.16 Å². The minimum Gasteiger partial charge on any atom is -0.399 e. The number of nitrogens with zero attached hydrogens (tertiary/aromatic N) is 3. The van der Waals surface area contributed by atoms with Crippen LogP contribution in [-0.4, -0.2) is 26.3 Å². The topological polar surface area (TPSA) is 73.8 Å². The highest BCUT2D eigenvalue weighted by atomic mass is 32.2. The molecule has 1 aromatic heterocycles. The van der Waals surface area contributed by atoms with Gasteiger partial charge in [0.15, 0.2) is 16.8 Å². The Hall–Kier alpha value is -2.60. The molecule has 0 saturated heterocycles. The molecular formula is C17H16N4OS. The zero-order valence-electron chi connectivity index (χ0n) is 12.6. The van der Waals surface area contributed by atoms with Crippen LogP contribution >= 0.6 is 11.8 Å². The van der Waals surface area contributed by atoms with Crippen molar-refractivity contribution in [1.29, 1.82) is 0 Å². The van der Waals surface area contributed by atoms with Crippen LogP contribution in [-0.2, 0) is 7.05 Å². The summed E-state index contributed by atoms with van der Waals surface area (Å²) in [5.74, 6) is 1.16. The number of carbonyl (C=O) groups is 1. The molecule has 0 saturated carbocycles. The highest BCUT2D eigenvalue weighted by molar-refractivity contribution is 7.99. The van der Waals surface area contributed by atoms with Crippen molar-refractivity contribution >= 4 is 23.2 Å². The van der Waals surface area contributed by atoms with Crippen molar-refractivity contribution in [2.75, 3.05) is 11.5 Å². The number of ketones is 1. The number of benzene rings is 2. The fourth-order valence-corrected chi connectivity index (χ4v) is 2.97. The van der Waals surface area contributed by atoms with Gasteiger partial charge in [0.25, 0.3) is 0 Å². The summed E-state index contributed by atoms with van der Waals surface area (Å²) in [5, 5.41) is 9.09. The van der Waals surface area contributed by atoms with E-state index in [1.165, 1.54) is 11.8 Å². The molecule has 1 heterocycles. The summed E-state index contributed by atoms with van der Waals surface area (Å²) in [7, 11) is 1.89. The third-order valence-electron chi connectivity index (χ3n) is 3.43. The van der Waals surface area contributed by atoms with Crippen LogP contribution in [0.4, 0.5) is 5.69 Å². The van der Waals surface area contributed by atoms with Crippen LogP contribution in [0, 0.1) is 0 Å². The quantitative estimate of drug-likeness (QED) is 0.443. The Labute approximate surface area is 138 Å². The molecule has 0 unspecified atom stereocenters. The fraction of sp³-hybridized carbons (Fsp3) is 0.118. The fourth-order valence-electron chi connectivity index (χ4n) is 2.16. The molecule has 2 N–H and O–H groups in total. The Bertz CT molecular complexity index is 812. The average molecular weight is 324 g/mol. The number of nitrogen functional groups attached to an aromatic ring is 1. The second kappa shape index (κ2) is 6.66. The summed E-state index contributed by atoms with van der Waals surface area (Å²) in [6.07, 6.45) is 0. The monoisotopic (exact) mass is 324 g/mol. The van der Waals surface area contributed by atoms with Gasteiger partial charge in [-0.25, -0.2) is 0 Å². The van der Waals surface area contributed by atoms with E-state index in [1.54, 1.807) is 0 Å². The first-order valence-corrected chi connectivity index (χ1v) is 8.10. The second-order valence-electron chi connectivity index (χ2n) is 5.07. The lowest BCUT2D eigenvalue weighted by Crippen LogP contribution is -2.03. The van der Waals surface area contributed by atoms with Crippen molar-refractivity contribution in [3.05, 3.63) is 60.2 Å². The number of hydrogen-bond donors (Lipinski definition) is 1. The van der Waals surface area contributed by atoms with E-state index in [0.29, 0.717) is 22.2 Å². The molecule has 0 bridgehead atoms. The molecule has 0 aliphatic carbocycles. The Morgan fingerprint density at radius 1 is 1.09 bits per heavy atom. The smallest absolute Gasteiger partial charge is 0.191 e. The lowest BCUT2D eigenvalue weighted by atomic mass is 10.2. The number of aromatic nitrogens is 3. The van der Waals surface area contributed by atoms with E-state index >= 15 is 0 Å². The van der Waals surface area contributed by atoms with Crippen LogP contribution in [0.5, 0.6) is 0 Å². The molecule has 6 heteroatoms. The number of rotatable bonds is 5. The molecule has 0 atom stereocenters. The van der Waals surface area contributed by atoms with Crippen molar-refractivity contribution in [3.8, 4) is 11.4 Å². The molecule has 23 heavy (non-hydrogen) atoms. The summed E-state index contributed by atoms with van der Waals surface area (Å²) < 4.78 is 1.88. The molecular weight excluding hydrogens is 308 g/mol. The van der Waals surface area contributed by atoms with Gasteiger partial charge in [-0.1, -0.05) is 42.1 Å². The first-order chi connectivity index (χ1) is 11.1. The molecule has 116 valence electrons. The number of carbonyl (C=O) groups excluding carboxylic acids is 1. The molecule has 0 amide bonds. The Morgan fingerprint density at radius 2 is 1.78 bits per heavy atom. The second-order valence-corrected chi connectivity index (χ2v) is 6.01. The normalized spacial score (nSPS) is 10.7. The summed E-state index contributed by atoms with van der Waals surface area (Å²) in [6, 6.07) is 16.7. The minimum absolute atomic E-state index is 0.0765. The van der Waals surface area contributed by atoms with Gasteiger partial charge in [0.2, 0.25) is 0 Å². The molecule has 0 fully saturated rings. The van der Waals surface area contributed by atoms with Gasteiger partial charge in [0.05, 0.1) is 5.75 Å². The van der Waals surface area contributed by atoms with Gasteiger partial charge in [-0.2, -0.15) is 0 Å². The van der Waals surface area contributed by atoms with E-state index < -0.39 is 0 Å². The average Bonchev–Trinajstić information content (AvgIpc) is 2.95. The van der Waals surface area contributed by atoms with Crippen LogP contribution in [0.3, 0.4) is 0 Å². The van der Waals surface area contributed by atoms with Gasteiger partial charge in [0.1, 0.15) is 0 Å². The van der Waals surface area contributed by atoms with E-state index in [-0.39, 0.29) is 5.78 Å². The number of nitrogens with two attached hydrogens (primary N) is 1. The SMILES string of the molecule is Cn1c(SCC(=O)c2ccccc2)nnc1-c1ccc(N)cc1. The Morgan fingerprint density at radius 3 is 2.48 bits per heavy atom. The highest BCUT2D eigenvalue weighted by Crippen LogP contribution is 2.23. The number of thioether (sulfide) groups is 1. The maximum absolute atomic E-state index is 12.2. The summed E-state index contributed by atoms with van der Waals surface area (Å²) in [4.78, 5) is 12.2. The van der Waals surface area contributed by atoms with Gasteiger partial charge in [-0.15, -0.1) is 10.2 Å². The van der Waals surface area contributed by atoms with Crippen LogP contribution in [0.15, 0.2) is 59.8 Å². The predicted molar refractivity (Wildman–Crippen MR) is 92.3 cm³/mol. The summed E-state index contributed by atoms with van der Waals surface area (Å²) in [6.45, 7) is 0. The lowest BCUT2D eigenvalue weighted by molar-refractivity contribution is 0.102. The predicted octanol–water partition coefficient (Wildman–Crippen LogP) is 3.04. The molecule has 2 aromatic carbocycles. The Kier molecular flexibility index (Phi) is 4.43. The number of anilines is 1. The first kappa shape index (κ1) is 15.3. The van der Waals surface area contributed by atoms with Crippen LogP contribution in [0.25, 0.3) is 11.4 Å². The van der Waals surface area contributed by atoms with E-state index in [1.807, 2.05) is 66.2 Å². The first-order valence-electron chi connectivity index (χ1n) is 7.11. The van der Waals surface area contributed by atoms with E-state index in [2.05, 4.69) is 10.2 Å². The van der Waals surface area contributed by atoms with E-state index in [4.69, 9.17) is 5.73 Å². The van der Waals surface area contributed by atoms with Gasteiger partial charge in [-0.3, -0.25) is 4.79 Å². The van der Waals surface area contributed by atoms with Crippen molar-refractivity contribution in [3.63, 3.8) is 0 Å². The standard InChI is InChI=1S/C17H16N4OS/c1-21-16(13-7-9-14(18)10-8-13)19-20-17(21)23-11-15(22)12-5-3-2-4-6-12/h2-10H,11,18H2,1H3. The molecule has 3 rings (SSSR count). The molecule has 3 aromatic rings. The zero-order valence-corrected chi connectivity index (χ0v) is 13.5. The molecule has 0 radical (unpaired) electrons. The molecule has 0 aliphatic heterocycles. The van der Waals surface area contributed by atoms with Crippen LogP contribution in [0.2, 0.25) is 0 Å². The summed E-state index contributed by atoms with van der Waals surface area (Å²) >= 11 is 1.38. The minimum atomic E-state index is 0.0765. The lowest BCUT2D eigenvalue weighted by Gasteiger charge is -2.04. The van der Waals surface area contributed by atoms with Crippen molar-refractivity contribution in [2.24, 2.45) is 7.05 Å². The third kappa shape index (κ3) is 3.43. The van der Waals surface area contributed by atoms with Gasteiger partial charge in [0, 0.05) is 23.9 Å². The molecule has 0 spiro atoms. The summed E-state index contributed by atoms with van der Waals surface area (Å²) in [5.41, 5.74) is 8.06. The maximum Gasteiger partial charge on any atom is 0.191 e. The maximum atomic E-state index is 12.2. The third-order valence-corrected chi connectivity index (χ3v) is 4.45.